The van der Waals surface area contributed by atoms with Crippen LogP contribution in [-0.4, -0.2) is 15.9 Å². The summed E-state index contributed by atoms with van der Waals surface area (Å²) in [5, 5.41) is 2.81. The SMILES string of the molecule is Cc1cnccc1NC(=O)c1ccc(Br)nc1. The number of nitrogens with one attached hydrogen (secondary N) is 1. The number of amides is 1. The number of pyridine rings is 2. The molecule has 0 aromatic carbocycles. The number of aryl methyl sites for hydroxylation is 1. The minimum atomic E-state index is -0.181. The summed E-state index contributed by atoms with van der Waals surface area (Å²) in [6.07, 6.45) is 4.87. The highest BCUT2D eigenvalue weighted by molar-refractivity contribution is 9.10. The molecule has 0 fully saturated rings. The number of rotatable bonds is 2. The number of carbonyl (C=O) groups is 1. The summed E-state index contributed by atoms with van der Waals surface area (Å²) >= 11 is 3.22. The minimum Gasteiger partial charge on any atom is -0.322 e. The van der Waals surface area contributed by atoms with E-state index in [2.05, 4.69) is 31.2 Å². The highest BCUT2D eigenvalue weighted by Crippen LogP contribution is 2.13. The number of hydrogen-bond acceptors (Lipinski definition) is 3. The molecule has 5 heteroatoms. The van der Waals surface area contributed by atoms with Crippen molar-refractivity contribution in [1.82, 2.24) is 9.97 Å². The van der Waals surface area contributed by atoms with Crippen molar-refractivity contribution in [2.45, 2.75) is 6.92 Å². The third kappa shape index (κ3) is 2.88. The van der Waals surface area contributed by atoms with Gasteiger partial charge in [-0.2, -0.15) is 0 Å². The van der Waals surface area contributed by atoms with E-state index in [1.165, 1.54) is 6.20 Å². The first-order chi connectivity index (χ1) is 8.16. The molecule has 4 nitrogen and oxygen atoms in total. The molecule has 0 aliphatic carbocycles. The van der Waals surface area contributed by atoms with Crippen LogP contribution in [0.1, 0.15) is 15.9 Å². The average molecular weight is 292 g/mol. The predicted molar refractivity (Wildman–Crippen MR) is 68.9 cm³/mol. The number of carbonyl (C=O) groups excluding carboxylic acids is 1. The van der Waals surface area contributed by atoms with Gasteiger partial charge in [0.25, 0.3) is 5.91 Å². The maximum Gasteiger partial charge on any atom is 0.257 e. The second kappa shape index (κ2) is 5.05. The first-order valence-electron chi connectivity index (χ1n) is 5.00. The predicted octanol–water partition coefficient (Wildman–Crippen LogP) is 2.80. The van der Waals surface area contributed by atoms with Gasteiger partial charge in [0.2, 0.25) is 0 Å². The van der Waals surface area contributed by atoms with E-state index < -0.39 is 0 Å². The van der Waals surface area contributed by atoms with Gasteiger partial charge in [0.05, 0.1) is 5.56 Å². The van der Waals surface area contributed by atoms with Crippen LogP contribution in [-0.2, 0) is 0 Å². The maximum atomic E-state index is 11.9. The zero-order valence-electron chi connectivity index (χ0n) is 9.14. The third-order valence-electron chi connectivity index (χ3n) is 2.26. The van der Waals surface area contributed by atoms with Crippen molar-refractivity contribution in [2.24, 2.45) is 0 Å². The second-order valence-corrected chi connectivity index (χ2v) is 4.33. The van der Waals surface area contributed by atoms with Gasteiger partial charge in [0, 0.05) is 24.3 Å². The molecule has 0 saturated heterocycles. The van der Waals surface area contributed by atoms with Crippen LogP contribution in [0.2, 0.25) is 0 Å². The lowest BCUT2D eigenvalue weighted by atomic mass is 10.2. The molecule has 0 spiro atoms. The molecule has 1 N–H and O–H groups in total. The van der Waals surface area contributed by atoms with E-state index in [-0.39, 0.29) is 5.91 Å². The number of aromatic nitrogens is 2. The Kier molecular flexibility index (Phi) is 3.49. The molecule has 0 aliphatic heterocycles. The summed E-state index contributed by atoms with van der Waals surface area (Å²) in [6, 6.07) is 5.21. The topological polar surface area (TPSA) is 54.9 Å². The van der Waals surface area contributed by atoms with Crippen LogP contribution in [0.25, 0.3) is 0 Å². The first kappa shape index (κ1) is 11.7. The van der Waals surface area contributed by atoms with Gasteiger partial charge in [0.15, 0.2) is 0 Å². The Bertz CT molecular complexity index is 540. The van der Waals surface area contributed by atoms with Gasteiger partial charge < -0.3 is 5.32 Å². The lowest BCUT2D eigenvalue weighted by Gasteiger charge is -2.07. The van der Waals surface area contributed by atoms with Gasteiger partial charge in [-0.15, -0.1) is 0 Å². The lowest BCUT2D eigenvalue weighted by molar-refractivity contribution is 0.102. The molecule has 0 radical (unpaired) electrons. The average Bonchev–Trinajstić information content (AvgIpc) is 2.33. The van der Waals surface area contributed by atoms with Crippen molar-refractivity contribution in [3.05, 3.63) is 52.5 Å². The Morgan fingerprint density at radius 1 is 1.29 bits per heavy atom. The number of anilines is 1. The summed E-state index contributed by atoms with van der Waals surface area (Å²) in [5.41, 5.74) is 2.20. The molecule has 0 unspecified atom stereocenters. The molecule has 86 valence electrons. The fraction of sp³-hybridized carbons (Fsp3) is 0.0833. The molecule has 17 heavy (non-hydrogen) atoms. The summed E-state index contributed by atoms with van der Waals surface area (Å²) in [5.74, 6) is -0.181. The van der Waals surface area contributed by atoms with Crippen molar-refractivity contribution in [3.63, 3.8) is 0 Å². The third-order valence-corrected chi connectivity index (χ3v) is 2.73. The van der Waals surface area contributed by atoms with E-state index in [0.717, 1.165) is 11.3 Å². The van der Waals surface area contributed by atoms with Crippen LogP contribution >= 0.6 is 15.9 Å². The monoisotopic (exact) mass is 291 g/mol. The number of hydrogen-bond donors (Lipinski definition) is 1. The second-order valence-electron chi connectivity index (χ2n) is 3.51. The molecular weight excluding hydrogens is 282 g/mol. The van der Waals surface area contributed by atoms with Crippen molar-refractivity contribution >= 4 is 27.5 Å². The van der Waals surface area contributed by atoms with Gasteiger partial charge >= 0.3 is 0 Å². The molecule has 0 saturated carbocycles. The Labute approximate surface area is 107 Å². The molecular formula is C12H10BrN3O. The molecule has 2 rings (SSSR count). The molecule has 0 bridgehead atoms. The Balaban J connectivity index is 2.17. The van der Waals surface area contributed by atoms with Gasteiger partial charge in [-0.1, -0.05) is 0 Å². The fourth-order valence-corrected chi connectivity index (χ4v) is 1.55. The van der Waals surface area contributed by atoms with Crippen LogP contribution in [0.15, 0.2) is 41.4 Å². The zero-order chi connectivity index (χ0) is 12.3. The highest BCUT2D eigenvalue weighted by Gasteiger charge is 2.07. The fourth-order valence-electron chi connectivity index (χ4n) is 1.32. The smallest absolute Gasteiger partial charge is 0.257 e. The summed E-state index contributed by atoms with van der Waals surface area (Å²) < 4.78 is 0.703. The Hall–Kier alpha value is -1.75. The van der Waals surface area contributed by atoms with Crippen molar-refractivity contribution in [2.75, 3.05) is 5.32 Å². The normalized spacial score (nSPS) is 10.0. The van der Waals surface area contributed by atoms with Gasteiger partial charge in [-0.25, -0.2) is 4.98 Å². The molecule has 1 amide bonds. The molecule has 0 aliphatic rings. The quantitative estimate of drug-likeness (QED) is 0.866. The summed E-state index contributed by atoms with van der Waals surface area (Å²) in [4.78, 5) is 19.9. The van der Waals surface area contributed by atoms with Crippen LogP contribution < -0.4 is 5.32 Å². The molecule has 2 heterocycles. The molecule has 2 aromatic rings. The van der Waals surface area contributed by atoms with E-state index in [4.69, 9.17) is 0 Å². The standard InChI is InChI=1S/C12H10BrN3O/c1-8-6-14-5-4-10(8)16-12(17)9-2-3-11(13)15-7-9/h2-7H,1H3,(H,14,16,17). The number of halogens is 1. The van der Waals surface area contributed by atoms with Gasteiger partial charge in [0.1, 0.15) is 4.60 Å². The van der Waals surface area contributed by atoms with E-state index in [1.807, 2.05) is 6.92 Å². The number of nitrogens with zero attached hydrogens (tertiary/aromatic N) is 2. The van der Waals surface area contributed by atoms with Crippen molar-refractivity contribution < 1.29 is 4.79 Å². The largest absolute Gasteiger partial charge is 0.322 e. The van der Waals surface area contributed by atoms with E-state index >= 15 is 0 Å². The molecule has 0 atom stereocenters. The first-order valence-corrected chi connectivity index (χ1v) is 5.79. The van der Waals surface area contributed by atoms with Crippen molar-refractivity contribution in [3.8, 4) is 0 Å². The van der Waals surface area contributed by atoms with Gasteiger partial charge in [-0.3, -0.25) is 9.78 Å². The lowest BCUT2D eigenvalue weighted by Crippen LogP contribution is -2.13. The van der Waals surface area contributed by atoms with E-state index in [0.29, 0.717) is 10.2 Å². The van der Waals surface area contributed by atoms with E-state index in [9.17, 15) is 4.79 Å². The summed E-state index contributed by atoms with van der Waals surface area (Å²) in [6.45, 7) is 1.89. The maximum absolute atomic E-state index is 11.9. The summed E-state index contributed by atoms with van der Waals surface area (Å²) in [7, 11) is 0. The van der Waals surface area contributed by atoms with Crippen molar-refractivity contribution in [1.29, 1.82) is 0 Å². The zero-order valence-corrected chi connectivity index (χ0v) is 10.7. The van der Waals surface area contributed by atoms with Gasteiger partial charge in [-0.05, 0) is 46.6 Å². The van der Waals surface area contributed by atoms with Crippen LogP contribution in [0.4, 0.5) is 5.69 Å². The highest BCUT2D eigenvalue weighted by atomic mass is 79.9. The minimum absolute atomic E-state index is 0.181. The molecule has 2 aromatic heterocycles. The van der Waals surface area contributed by atoms with Crippen LogP contribution in [0.3, 0.4) is 0 Å². The van der Waals surface area contributed by atoms with Crippen LogP contribution in [0.5, 0.6) is 0 Å². The van der Waals surface area contributed by atoms with E-state index in [1.54, 1.807) is 30.6 Å². The van der Waals surface area contributed by atoms with Crippen LogP contribution in [0, 0.1) is 6.92 Å². The Morgan fingerprint density at radius 3 is 2.76 bits per heavy atom. The Morgan fingerprint density at radius 2 is 2.12 bits per heavy atom.